The van der Waals surface area contributed by atoms with Crippen LogP contribution >= 0.6 is 11.6 Å². The number of nitrogens with zero attached hydrogens (tertiary/aromatic N) is 2. The van der Waals surface area contributed by atoms with Crippen LogP contribution in [0.5, 0.6) is 0 Å². The van der Waals surface area contributed by atoms with Gasteiger partial charge in [0.2, 0.25) is 0 Å². The monoisotopic (exact) mass is 405 g/mol. The average molecular weight is 406 g/mol. The van der Waals surface area contributed by atoms with Gasteiger partial charge in [-0.05, 0) is 43.2 Å². The van der Waals surface area contributed by atoms with Gasteiger partial charge in [-0.25, -0.2) is 9.97 Å². The molecule has 3 rings (SSSR count). The third-order valence-corrected chi connectivity index (χ3v) is 4.63. The SMILES string of the molecule is CCc1cc(Nc2ccc(C(C)C(F)(F)F)cc2)nc(-c2cccc(Cl)c2)n1. The van der Waals surface area contributed by atoms with E-state index in [2.05, 4.69) is 15.3 Å². The lowest BCUT2D eigenvalue weighted by atomic mass is 10.0. The first-order chi connectivity index (χ1) is 13.3. The summed E-state index contributed by atoms with van der Waals surface area (Å²) in [5.41, 5.74) is 2.50. The first kappa shape index (κ1) is 20.1. The number of aromatic nitrogens is 2. The van der Waals surface area contributed by atoms with Crippen LogP contribution in [0.3, 0.4) is 0 Å². The zero-order chi connectivity index (χ0) is 20.3. The quantitative estimate of drug-likeness (QED) is 0.509. The fourth-order valence-electron chi connectivity index (χ4n) is 2.69. The topological polar surface area (TPSA) is 37.8 Å². The van der Waals surface area contributed by atoms with Crippen LogP contribution in [-0.4, -0.2) is 16.1 Å². The minimum atomic E-state index is -4.26. The minimum absolute atomic E-state index is 0.217. The standard InChI is InChI=1S/C21H19ClF3N3/c1-3-17-12-19(28-20(27-17)15-5-4-6-16(22)11-15)26-18-9-7-14(8-10-18)13(2)21(23,24)25/h4-13H,3H2,1-2H3,(H,26,27,28). The molecule has 1 heterocycles. The van der Waals surface area contributed by atoms with Crippen LogP contribution < -0.4 is 5.32 Å². The Hall–Kier alpha value is -2.60. The number of nitrogens with one attached hydrogen (secondary N) is 1. The van der Waals surface area contributed by atoms with Crippen molar-refractivity contribution in [1.29, 1.82) is 0 Å². The van der Waals surface area contributed by atoms with Gasteiger partial charge in [-0.15, -0.1) is 0 Å². The van der Waals surface area contributed by atoms with E-state index in [1.807, 2.05) is 25.1 Å². The Kier molecular flexibility index (Phi) is 5.89. The second-order valence-electron chi connectivity index (χ2n) is 6.44. The second kappa shape index (κ2) is 8.19. The molecule has 28 heavy (non-hydrogen) atoms. The highest BCUT2D eigenvalue weighted by atomic mass is 35.5. The van der Waals surface area contributed by atoms with Crippen LogP contribution in [0.25, 0.3) is 11.4 Å². The van der Waals surface area contributed by atoms with Crippen molar-refractivity contribution in [3.05, 3.63) is 70.9 Å². The number of aryl methyl sites for hydroxylation is 1. The van der Waals surface area contributed by atoms with Gasteiger partial charge in [-0.1, -0.05) is 42.8 Å². The molecule has 3 aromatic rings. The van der Waals surface area contributed by atoms with Gasteiger partial charge in [0.1, 0.15) is 5.82 Å². The Morgan fingerprint density at radius 2 is 1.75 bits per heavy atom. The Bertz CT molecular complexity index is 956. The van der Waals surface area contributed by atoms with Crippen molar-refractivity contribution in [3.63, 3.8) is 0 Å². The molecular weight excluding hydrogens is 387 g/mol. The summed E-state index contributed by atoms with van der Waals surface area (Å²) >= 11 is 6.06. The van der Waals surface area contributed by atoms with E-state index in [4.69, 9.17) is 11.6 Å². The lowest BCUT2D eigenvalue weighted by Gasteiger charge is -2.16. The molecule has 0 radical (unpaired) electrons. The molecule has 7 heteroatoms. The molecule has 0 aliphatic carbocycles. The molecular formula is C21H19ClF3N3. The van der Waals surface area contributed by atoms with Crippen molar-refractivity contribution >= 4 is 23.1 Å². The summed E-state index contributed by atoms with van der Waals surface area (Å²) in [5, 5.41) is 3.73. The fraction of sp³-hybridized carbons (Fsp3) is 0.238. The van der Waals surface area contributed by atoms with Gasteiger partial charge in [0.25, 0.3) is 0 Å². The van der Waals surface area contributed by atoms with Crippen molar-refractivity contribution in [2.45, 2.75) is 32.4 Å². The third-order valence-electron chi connectivity index (χ3n) is 4.40. The Morgan fingerprint density at radius 1 is 1.04 bits per heavy atom. The van der Waals surface area contributed by atoms with E-state index in [1.54, 1.807) is 24.3 Å². The first-order valence-electron chi connectivity index (χ1n) is 8.84. The number of hydrogen-bond acceptors (Lipinski definition) is 3. The summed E-state index contributed by atoms with van der Waals surface area (Å²) in [6.07, 6.45) is -3.55. The molecule has 1 unspecified atom stereocenters. The molecule has 1 aromatic heterocycles. The van der Waals surface area contributed by atoms with Gasteiger partial charge < -0.3 is 5.32 Å². The molecule has 0 aliphatic rings. The molecule has 0 saturated carbocycles. The lowest BCUT2D eigenvalue weighted by Crippen LogP contribution is -2.17. The van der Waals surface area contributed by atoms with Crippen LogP contribution in [-0.2, 0) is 6.42 Å². The van der Waals surface area contributed by atoms with Crippen LogP contribution in [0.1, 0.15) is 31.0 Å². The van der Waals surface area contributed by atoms with Crippen molar-refractivity contribution in [3.8, 4) is 11.4 Å². The van der Waals surface area contributed by atoms with Gasteiger partial charge in [-0.3, -0.25) is 0 Å². The van der Waals surface area contributed by atoms with Gasteiger partial charge in [0.05, 0.1) is 5.92 Å². The molecule has 3 nitrogen and oxygen atoms in total. The van der Waals surface area contributed by atoms with Gasteiger partial charge >= 0.3 is 6.18 Å². The molecule has 0 bridgehead atoms. The smallest absolute Gasteiger partial charge is 0.340 e. The maximum atomic E-state index is 12.9. The fourth-order valence-corrected chi connectivity index (χ4v) is 2.88. The molecule has 1 N–H and O–H groups in total. The summed E-state index contributed by atoms with van der Waals surface area (Å²) < 4.78 is 38.6. The van der Waals surface area contributed by atoms with E-state index < -0.39 is 12.1 Å². The lowest BCUT2D eigenvalue weighted by molar-refractivity contribution is -0.146. The summed E-state index contributed by atoms with van der Waals surface area (Å²) in [5.74, 6) is -0.410. The van der Waals surface area contributed by atoms with Crippen molar-refractivity contribution in [2.75, 3.05) is 5.32 Å². The van der Waals surface area contributed by atoms with E-state index in [9.17, 15) is 13.2 Å². The Morgan fingerprint density at radius 3 is 2.36 bits per heavy atom. The average Bonchev–Trinajstić information content (AvgIpc) is 2.67. The highest BCUT2D eigenvalue weighted by Gasteiger charge is 2.36. The molecule has 0 amide bonds. The zero-order valence-corrected chi connectivity index (χ0v) is 16.1. The van der Waals surface area contributed by atoms with E-state index in [-0.39, 0.29) is 5.56 Å². The van der Waals surface area contributed by atoms with E-state index >= 15 is 0 Å². The number of alkyl halides is 3. The van der Waals surface area contributed by atoms with Crippen LogP contribution in [0, 0.1) is 0 Å². The van der Waals surface area contributed by atoms with Gasteiger partial charge in [-0.2, -0.15) is 13.2 Å². The Balaban J connectivity index is 1.87. The van der Waals surface area contributed by atoms with Crippen molar-refractivity contribution in [1.82, 2.24) is 9.97 Å². The highest BCUT2D eigenvalue weighted by molar-refractivity contribution is 6.30. The predicted molar refractivity (Wildman–Crippen MR) is 106 cm³/mol. The minimum Gasteiger partial charge on any atom is -0.340 e. The van der Waals surface area contributed by atoms with Crippen LogP contribution in [0.2, 0.25) is 5.02 Å². The molecule has 146 valence electrons. The zero-order valence-electron chi connectivity index (χ0n) is 15.4. The van der Waals surface area contributed by atoms with Crippen molar-refractivity contribution < 1.29 is 13.2 Å². The van der Waals surface area contributed by atoms with Crippen LogP contribution in [0.15, 0.2) is 54.6 Å². The number of rotatable bonds is 5. The molecule has 2 aromatic carbocycles. The van der Waals surface area contributed by atoms with E-state index in [1.165, 1.54) is 12.1 Å². The molecule has 0 aliphatic heterocycles. The van der Waals surface area contributed by atoms with E-state index in [0.29, 0.717) is 28.8 Å². The number of benzene rings is 2. The van der Waals surface area contributed by atoms with Crippen molar-refractivity contribution in [2.24, 2.45) is 0 Å². The summed E-state index contributed by atoms with van der Waals surface area (Å²) in [6.45, 7) is 3.14. The maximum Gasteiger partial charge on any atom is 0.395 e. The maximum absolute atomic E-state index is 12.9. The molecule has 0 saturated heterocycles. The van der Waals surface area contributed by atoms with Gasteiger partial charge in [0.15, 0.2) is 5.82 Å². The van der Waals surface area contributed by atoms with Gasteiger partial charge in [0, 0.05) is 28.0 Å². The normalized spacial score (nSPS) is 12.6. The number of hydrogen-bond donors (Lipinski definition) is 1. The molecule has 0 spiro atoms. The van der Waals surface area contributed by atoms with E-state index in [0.717, 1.165) is 18.2 Å². The largest absolute Gasteiger partial charge is 0.395 e. The summed E-state index contributed by atoms with van der Waals surface area (Å²) in [6, 6.07) is 15.3. The third kappa shape index (κ3) is 4.81. The summed E-state index contributed by atoms with van der Waals surface area (Å²) in [4.78, 5) is 9.06. The molecule has 1 atom stereocenters. The number of anilines is 2. The highest BCUT2D eigenvalue weighted by Crippen LogP contribution is 2.34. The summed E-state index contributed by atoms with van der Waals surface area (Å²) in [7, 11) is 0. The number of halogens is 4. The Labute approximate surface area is 166 Å². The predicted octanol–water partition coefficient (Wildman–Crippen LogP) is 6.77. The first-order valence-corrected chi connectivity index (χ1v) is 9.21. The van der Waals surface area contributed by atoms with Crippen LogP contribution in [0.4, 0.5) is 24.7 Å². The molecule has 0 fully saturated rings. The second-order valence-corrected chi connectivity index (χ2v) is 6.88.